The van der Waals surface area contributed by atoms with Gasteiger partial charge in [0.15, 0.2) is 0 Å². The van der Waals surface area contributed by atoms with Gasteiger partial charge in [0.25, 0.3) is 0 Å². The molecule has 1 heterocycles. The lowest BCUT2D eigenvalue weighted by Crippen LogP contribution is -2.68. The first-order chi connectivity index (χ1) is 20.4. The van der Waals surface area contributed by atoms with E-state index in [1.54, 1.807) is 0 Å². The Bertz CT molecular complexity index is 1170. The molecule has 4 saturated carbocycles. The Morgan fingerprint density at radius 2 is 1.52 bits per heavy atom. The van der Waals surface area contributed by atoms with Crippen LogP contribution in [0.15, 0.2) is 11.6 Å². The van der Waals surface area contributed by atoms with Crippen molar-refractivity contribution in [3.8, 4) is 0 Å². The van der Waals surface area contributed by atoms with Crippen LogP contribution in [0.1, 0.15) is 99.3 Å². The fraction of sp³-hybridized carbons (Fsp3) is 0.914. The molecule has 250 valence electrons. The van der Waals surface area contributed by atoms with Gasteiger partial charge in [-0.3, -0.25) is 5.32 Å². The summed E-state index contributed by atoms with van der Waals surface area (Å²) in [5.41, 5.74) is 1.65. The number of nitrogens with one attached hydrogen (secondary N) is 1. The molecule has 0 aromatic carbocycles. The van der Waals surface area contributed by atoms with E-state index in [-0.39, 0.29) is 39.6 Å². The first-order valence-corrected chi connectivity index (χ1v) is 17.7. The average molecular weight is 636 g/mol. The molecule has 7 N–H and O–H groups in total. The molecule has 5 aliphatic carbocycles. The predicted octanol–water partition coefficient (Wildman–Crippen LogP) is 3.39. The van der Waals surface area contributed by atoms with Gasteiger partial charge in [-0.05, 0) is 103 Å². The van der Waals surface area contributed by atoms with Crippen LogP contribution in [0.2, 0.25) is 0 Å². The van der Waals surface area contributed by atoms with Crippen LogP contribution in [0.4, 0.5) is 0 Å². The highest BCUT2D eigenvalue weighted by Crippen LogP contribution is 2.72. The Hall–Kier alpha value is -0.410. The van der Waals surface area contributed by atoms with Gasteiger partial charge in [-0.1, -0.05) is 53.2 Å². The van der Waals surface area contributed by atoms with Gasteiger partial charge in [-0.2, -0.15) is 0 Å². The van der Waals surface area contributed by atoms with Gasteiger partial charge in [0.2, 0.25) is 0 Å². The van der Waals surface area contributed by atoms with Crippen LogP contribution in [0.5, 0.6) is 0 Å². The molecule has 8 nitrogen and oxygen atoms in total. The molecule has 5 fully saturated rings. The van der Waals surface area contributed by atoms with Crippen molar-refractivity contribution in [2.45, 2.75) is 142 Å². The number of hydrogen-bond acceptors (Lipinski definition) is 7. The molecular weight excluding hydrogens is 577 g/mol. The molecule has 0 aromatic heterocycles. The maximum absolute atomic E-state index is 12.4. The second-order valence-corrected chi connectivity index (χ2v) is 18.0. The monoisotopic (exact) mass is 635 g/mol. The number of fused-ring (bicyclic) bond motifs is 7. The Kier molecular flexibility index (Phi) is 8.42. The zero-order chi connectivity index (χ0) is 32.2. The van der Waals surface area contributed by atoms with Crippen molar-refractivity contribution in [3.63, 3.8) is 0 Å². The fourth-order valence-corrected chi connectivity index (χ4v) is 12.5. The van der Waals surface area contributed by atoms with E-state index >= 15 is 0 Å². The van der Waals surface area contributed by atoms with Crippen LogP contribution >= 0.6 is 8.86 Å². The third kappa shape index (κ3) is 4.71. The standard InChI is InChI=1S/C35H58NO7P/c1-31(2)13-14-35(30(44)36-29-28(42)27(41)26(40)21(17-37)43-29)20(16-31)18-7-8-23-33(5,19(18)15-25(35)39)11-9-22-32(3,4)24(38)10-12-34(22,23)6/h7,19-29,36-42,44H,8-17H2,1-6H3/t19?,20?,21?,22?,23?,24-,25+,26+,27+,28?,29-,33-,34-,35+/m0/s1. The second kappa shape index (κ2) is 11.1. The summed E-state index contributed by atoms with van der Waals surface area (Å²) in [6.45, 7) is 13.7. The summed E-state index contributed by atoms with van der Waals surface area (Å²) < 4.78 is 5.84. The molecule has 0 radical (unpaired) electrons. The number of aliphatic hydroxyl groups excluding tert-OH is 6. The smallest absolute Gasteiger partial charge is 0.141 e. The molecule has 0 bridgehead atoms. The highest BCUT2D eigenvalue weighted by molar-refractivity contribution is 7.21. The van der Waals surface area contributed by atoms with E-state index in [2.05, 4.69) is 61.8 Å². The topological polar surface area (TPSA) is 143 Å². The van der Waals surface area contributed by atoms with Crippen LogP contribution in [0, 0.1) is 50.7 Å². The summed E-state index contributed by atoms with van der Waals surface area (Å²) >= 11 is 0. The molecular formula is C35H58NO7P. The highest BCUT2D eigenvalue weighted by atomic mass is 31.0. The predicted molar refractivity (Wildman–Crippen MR) is 172 cm³/mol. The summed E-state index contributed by atoms with van der Waals surface area (Å²) in [7, 11) is 3.93. The summed E-state index contributed by atoms with van der Waals surface area (Å²) in [4.78, 5) is 0. The fourth-order valence-electron chi connectivity index (χ4n) is 11.9. The van der Waals surface area contributed by atoms with Gasteiger partial charge in [0.05, 0.1) is 18.8 Å². The van der Waals surface area contributed by atoms with E-state index in [0.717, 1.165) is 51.4 Å². The van der Waals surface area contributed by atoms with Crippen molar-refractivity contribution < 1.29 is 35.4 Å². The van der Waals surface area contributed by atoms with Crippen molar-refractivity contribution in [1.82, 2.24) is 5.32 Å². The van der Waals surface area contributed by atoms with E-state index in [4.69, 9.17) is 4.74 Å². The quantitative estimate of drug-likeness (QED) is 0.184. The largest absolute Gasteiger partial charge is 0.394 e. The lowest BCUT2D eigenvalue weighted by molar-refractivity contribution is -0.233. The minimum absolute atomic E-state index is 0.0546. The molecule has 6 unspecified atom stereocenters. The van der Waals surface area contributed by atoms with Gasteiger partial charge in [-0.15, -0.1) is 8.86 Å². The van der Waals surface area contributed by atoms with Crippen LogP contribution in [-0.4, -0.2) is 85.5 Å². The molecule has 9 heteroatoms. The van der Waals surface area contributed by atoms with Crippen molar-refractivity contribution in [3.05, 3.63) is 11.6 Å². The second-order valence-electron chi connectivity index (χ2n) is 17.5. The van der Waals surface area contributed by atoms with E-state index in [1.165, 1.54) is 5.57 Å². The summed E-state index contributed by atoms with van der Waals surface area (Å²) in [5, 5.41) is 68.0. The normalized spacial score (nSPS) is 52.9. The van der Waals surface area contributed by atoms with Crippen molar-refractivity contribution in [2.75, 3.05) is 6.61 Å². The molecule has 1 aliphatic heterocycles. The van der Waals surface area contributed by atoms with Gasteiger partial charge >= 0.3 is 0 Å². The number of allylic oxidation sites excluding steroid dienone is 2. The Labute approximate surface area is 265 Å². The lowest BCUT2D eigenvalue weighted by atomic mass is 9.36. The molecule has 44 heavy (non-hydrogen) atoms. The van der Waals surface area contributed by atoms with E-state index in [0.29, 0.717) is 23.7 Å². The lowest BCUT2D eigenvalue weighted by Gasteiger charge is -2.69. The van der Waals surface area contributed by atoms with Gasteiger partial charge in [0, 0.05) is 10.8 Å². The van der Waals surface area contributed by atoms with Crippen LogP contribution < -0.4 is 5.32 Å². The minimum atomic E-state index is -1.47. The summed E-state index contributed by atoms with van der Waals surface area (Å²) in [6, 6.07) is 0. The maximum atomic E-state index is 12.4. The molecule has 0 spiro atoms. The molecule has 0 aromatic rings. The Morgan fingerprint density at radius 1 is 0.841 bits per heavy atom. The zero-order valence-corrected chi connectivity index (χ0v) is 28.6. The summed E-state index contributed by atoms with van der Waals surface area (Å²) in [5.74, 6) is 1.31. The van der Waals surface area contributed by atoms with Crippen molar-refractivity contribution >= 4 is 14.3 Å². The number of rotatable bonds is 4. The van der Waals surface area contributed by atoms with Crippen molar-refractivity contribution in [1.29, 1.82) is 0 Å². The van der Waals surface area contributed by atoms with Crippen LogP contribution in [0.3, 0.4) is 0 Å². The molecule has 1 saturated heterocycles. The third-order valence-corrected chi connectivity index (χ3v) is 15.2. The average Bonchev–Trinajstić information content (AvgIpc) is 2.95. The van der Waals surface area contributed by atoms with Gasteiger partial charge < -0.3 is 35.4 Å². The van der Waals surface area contributed by atoms with Crippen LogP contribution in [-0.2, 0) is 4.74 Å². The highest BCUT2D eigenvalue weighted by Gasteiger charge is 2.67. The summed E-state index contributed by atoms with van der Waals surface area (Å²) in [6.07, 6.45) is 3.63. The molecule has 6 aliphatic rings. The Morgan fingerprint density at radius 3 is 2.20 bits per heavy atom. The first kappa shape index (κ1) is 33.5. The minimum Gasteiger partial charge on any atom is -0.394 e. The van der Waals surface area contributed by atoms with E-state index in [1.807, 2.05) is 0 Å². The first-order valence-electron chi connectivity index (χ1n) is 17.2. The molecule has 6 rings (SSSR count). The van der Waals surface area contributed by atoms with Crippen molar-refractivity contribution in [2.24, 2.45) is 50.7 Å². The zero-order valence-electron chi connectivity index (χ0n) is 27.6. The number of hydrogen-bond donors (Lipinski definition) is 7. The van der Waals surface area contributed by atoms with E-state index < -0.39 is 48.8 Å². The third-order valence-electron chi connectivity index (χ3n) is 14.6. The number of aliphatic hydroxyl groups is 6. The van der Waals surface area contributed by atoms with E-state index in [9.17, 15) is 30.6 Å². The molecule has 14 atom stereocenters. The van der Waals surface area contributed by atoms with Gasteiger partial charge in [-0.25, -0.2) is 0 Å². The Balaban J connectivity index is 1.35. The molecule has 0 amide bonds. The van der Waals surface area contributed by atoms with Gasteiger partial charge in [0.1, 0.15) is 30.6 Å². The maximum Gasteiger partial charge on any atom is 0.141 e. The van der Waals surface area contributed by atoms with Crippen LogP contribution in [0.25, 0.3) is 0 Å². The SMILES string of the molecule is CC1(C)CC[C@@]2(C(=P)N[C@H]3OC(CO)[C@@H](O)[C@@H](O)C3O)C(C1)C1=CCC3[C@@](C)(CCC4C(C)(C)[C@@H](O)CC[C@@]43C)C1C[C@H]2O. The number of ether oxygens (including phenoxy) is 1.